The van der Waals surface area contributed by atoms with Crippen LogP contribution in [0.4, 0.5) is 4.39 Å². The van der Waals surface area contributed by atoms with Gasteiger partial charge in [-0.1, -0.05) is 61.0 Å². The molecule has 2 N–H and O–H groups in total. The molecule has 0 fully saturated rings. The van der Waals surface area contributed by atoms with Crippen molar-refractivity contribution in [1.82, 2.24) is 14.9 Å². The fraction of sp³-hybridized carbons (Fsp3) is 0.323. The van der Waals surface area contributed by atoms with E-state index >= 15 is 0 Å². The zero-order valence-electron chi connectivity index (χ0n) is 24.0. The topological polar surface area (TPSA) is 113 Å². The molecule has 0 aliphatic carbocycles. The largest absolute Gasteiger partial charge is 0.354 e. The summed E-state index contributed by atoms with van der Waals surface area (Å²) in [6.07, 6.45) is 1.31. The van der Waals surface area contributed by atoms with Crippen molar-refractivity contribution in [3.63, 3.8) is 0 Å². The summed E-state index contributed by atoms with van der Waals surface area (Å²) >= 11 is 10.9. The molecule has 3 aromatic carbocycles. The number of nitrogens with one attached hydrogen (secondary N) is 2. The molecule has 12 heteroatoms. The van der Waals surface area contributed by atoms with E-state index in [1.807, 2.05) is 11.6 Å². The van der Waals surface area contributed by atoms with Gasteiger partial charge in [0.2, 0.25) is 17.7 Å². The first-order chi connectivity index (χ1) is 20.4. The van der Waals surface area contributed by atoms with Crippen LogP contribution in [-0.4, -0.2) is 49.9 Å². The van der Waals surface area contributed by atoms with Crippen LogP contribution in [0.1, 0.15) is 37.8 Å². The highest BCUT2D eigenvalue weighted by atomic mass is 35.5. The van der Waals surface area contributed by atoms with Crippen molar-refractivity contribution in [2.45, 2.75) is 44.6 Å². The quantitative estimate of drug-likeness (QED) is 0.213. The highest BCUT2D eigenvalue weighted by molar-refractivity contribution is 7.90. The smallest absolute Gasteiger partial charge is 0.264 e. The lowest BCUT2D eigenvalue weighted by atomic mass is 10.00. The predicted molar refractivity (Wildman–Crippen MR) is 169 cm³/mol. The number of benzene rings is 3. The van der Waals surface area contributed by atoms with Crippen molar-refractivity contribution in [1.29, 1.82) is 0 Å². The van der Waals surface area contributed by atoms with Gasteiger partial charge in [-0.05, 0) is 48.2 Å². The molecule has 0 spiro atoms. The van der Waals surface area contributed by atoms with Crippen LogP contribution in [0.3, 0.4) is 0 Å². The monoisotopic (exact) mass is 647 g/mol. The second-order valence-electron chi connectivity index (χ2n) is 10.0. The molecule has 230 valence electrons. The first-order valence-electron chi connectivity index (χ1n) is 13.8. The minimum absolute atomic E-state index is 0.0887. The number of sulfonamides is 1. The third-order valence-corrected chi connectivity index (χ3v) is 8.86. The van der Waals surface area contributed by atoms with Crippen molar-refractivity contribution in [3.05, 3.63) is 88.7 Å². The summed E-state index contributed by atoms with van der Waals surface area (Å²) in [6, 6.07) is 17.4. The summed E-state index contributed by atoms with van der Waals surface area (Å²) in [4.78, 5) is 38.8. The van der Waals surface area contributed by atoms with Crippen LogP contribution in [-0.2, 0) is 37.4 Å². The Labute approximate surface area is 262 Å². The molecule has 0 saturated carbocycles. The van der Waals surface area contributed by atoms with Gasteiger partial charge in [-0.2, -0.15) is 12.6 Å². The standard InChI is InChI=1S/C31H35ClFN3O5S2/c1-3-7-30(38)36(15-14-34-31(39)24(20-42)16-22-8-6-9-25(33)17-22)19-23-12-13-26(28(32)18-23)27-10-4-5-11-29(27)43(40,41)35-21(2)37/h4-6,8-13,17-18,24,42H,3,7,14-16,19-20H2,1-2H3,(H,34,39)(H,35,37)/t24-/m1/s1. The lowest BCUT2D eigenvalue weighted by molar-refractivity contribution is -0.132. The average molecular weight is 648 g/mol. The van der Waals surface area contributed by atoms with E-state index in [1.165, 1.54) is 18.2 Å². The van der Waals surface area contributed by atoms with E-state index in [4.69, 9.17) is 11.6 Å². The summed E-state index contributed by atoms with van der Waals surface area (Å²) in [5.74, 6) is -1.59. The Hall–Kier alpha value is -3.41. The fourth-order valence-corrected chi connectivity index (χ4v) is 6.39. The summed E-state index contributed by atoms with van der Waals surface area (Å²) in [5.41, 5.74) is 2.19. The van der Waals surface area contributed by atoms with Crippen LogP contribution in [0, 0.1) is 11.7 Å². The summed E-state index contributed by atoms with van der Waals surface area (Å²) < 4.78 is 41.0. The Morgan fingerprint density at radius 2 is 1.74 bits per heavy atom. The summed E-state index contributed by atoms with van der Waals surface area (Å²) in [5, 5.41) is 3.14. The van der Waals surface area contributed by atoms with Crippen LogP contribution in [0.15, 0.2) is 71.6 Å². The molecule has 0 aromatic heterocycles. The third-order valence-electron chi connectivity index (χ3n) is 6.61. The van der Waals surface area contributed by atoms with Crippen LogP contribution >= 0.6 is 24.2 Å². The number of hydrogen-bond acceptors (Lipinski definition) is 6. The molecular formula is C31H35ClFN3O5S2. The highest BCUT2D eigenvalue weighted by Crippen LogP contribution is 2.33. The van der Waals surface area contributed by atoms with Gasteiger partial charge in [0.25, 0.3) is 10.0 Å². The van der Waals surface area contributed by atoms with Gasteiger partial charge in [-0.15, -0.1) is 0 Å². The zero-order valence-corrected chi connectivity index (χ0v) is 26.4. The second kappa shape index (κ2) is 15.9. The Kier molecular flexibility index (Phi) is 12.6. The molecule has 0 bridgehead atoms. The lowest BCUT2D eigenvalue weighted by Gasteiger charge is -2.24. The number of amides is 3. The van der Waals surface area contributed by atoms with E-state index in [9.17, 15) is 27.2 Å². The maximum Gasteiger partial charge on any atom is 0.264 e. The number of carbonyl (C=O) groups is 3. The van der Waals surface area contributed by atoms with E-state index in [0.717, 1.165) is 6.92 Å². The minimum atomic E-state index is -4.11. The first kappa shape index (κ1) is 34.1. The molecule has 0 aliphatic heterocycles. The number of rotatable bonds is 14. The molecule has 0 heterocycles. The normalized spacial score (nSPS) is 11.9. The van der Waals surface area contributed by atoms with Gasteiger partial charge in [-0.25, -0.2) is 17.5 Å². The molecule has 1 atom stereocenters. The summed E-state index contributed by atoms with van der Waals surface area (Å²) in [6.45, 7) is 3.70. The van der Waals surface area contributed by atoms with Gasteiger partial charge in [-0.3, -0.25) is 14.4 Å². The molecule has 3 aromatic rings. The number of carbonyl (C=O) groups excluding carboxylic acids is 3. The van der Waals surface area contributed by atoms with E-state index in [-0.39, 0.29) is 52.9 Å². The molecule has 3 amide bonds. The van der Waals surface area contributed by atoms with E-state index < -0.39 is 21.8 Å². The summed E-state index contributed by atoms with van der Waals surface area (Å²) in [7, 11) is -4.11. The fourth-order valence-electron chi connectivity index (χ4n) is 4.57. The second-order valence-corrected chi connectivity index (χ2v) is 12.5. The van der Waals surface area contributed by atoms with Crippen molar-refractivity contribution in [3.8, 4) is 11.1 Å². The molecule has 3 rings (SSSR count). The molecule has 8 nitrogen and oxygen atoms in total. The Bertz CT molecular complexity index is 1570. The maximum atomic E-state index is 13.6. The number of thiol groups is 1. The van der Waals surface area contributed by atoms with Gasteiger partial charge in [0, 0.05) is 54.9 Å². The maximum absolute atomic E-state index is 13.6. The van der Waals surface area contributed by atoms with Crippen LogP contribution < -0.4 is 10.0 Å². The van der Waals surface area contributed by atoms with E-state index in [0.29, 0.717) is 41.5 Å². The number of hydrogen-bond donors (Lipinski definition) is 3. The molecule has 0 aliphatic rings. The van der Waals surface area contributed by atoms with Crippen molar-refractivity contribution in [2.75, 3.05) is 18.8 Å². The third kappa shape index (κ3) is 9.80. The Morgan fingerprint density at radius 3 is 2.40 bits per heavy atom. The highest BCUT2D eigenvalue weighted by Gasteiger charge is 2.22. The number of nitrogens with zero attached hydrogens (tertiary/aromatic N) is 1. The van der Waals surface area contributed by atoms with Gasteiger partial charge in [0.05, 0.1) is 10.8 Å². The van der Waals surface area contributed by atoms with Crippen LogP contribution in [0.2, 0.25) is 5.02 Å². The van der Waals surface area contributed by atoms with Gasteiger partial charge >= 0.3 is 0 Å². The van der Waals surface area contributed by atoms with E-state index in [2.05, 4.69) is 17.9 Å². The van der Waals surface area contributed by atoms with Crippen LogP contribution in [0.5, 0.6) is 0 Å². The van der Waals surface area contributed by atoms with Crippen molar-refractivity contribution < 1.29 is 27.2 Å². The minimum Gasteiger partial charge on any atom is -0.354 e. The van der Waals surface area contributed by atoms with Crippen molar-refractivity contribution >= 4 is 52.0 Å². The Balaban J connectivity index is 1.73. The number of halogens is 2. The lowest BCUT2D eigenvalue weighted by Crippen LogP contribution is -2.40. The van der Waals surface area contributed by atoms with Crippen LogP contribution in [0.25, 0.3) is 11.1 Å². The first-order valence-corrected chi connectivity index (χ1v) is 16.3. The Morgan fingerprint density at radius 1 is 1.00 bits per heavy atom. The molecule has 43 heavy (non-hydrogen) atoms. The average Bonchev–Trinajstić information content (AvgIpc) is 2.95. The molecule has 0 radical (unpaired) electrons. The molecular weight excluding hydrogens is 613 g/mol. The molecule has 0 saturated heterocycles. The molecule has 0 unspecified atom stereocenters. The van der Waals surface area contributed by atoms with Gasteiger partial charge in [0.1, 0.15) is 5.82 Å². The van der Waals surface area contributed by atoms with Gasteiger partial charge < -0.3 is 10.2 Å². The zero-order chi connectivity index (χ0) is 31.6. The van der Waals surface area contributed by atoms with E-state index in [1.54, 1.807) is 53.4 Å². The van der Waals surface area contributed by atoms with Crippen molar-refractivity contribution in [2.24, 2.45) is 5.92 Å². The van der Waals surface area contributed by atoms with Gasteiger partial charge in [0.15, 0.2) is 0 Å². The SMILES string of the molecule is CCCC(=O)N(CCNC(=O)[C@@H](CS)Cc1cccc(F)c1)Cc1ccc(-c2ccccc2S(=O)(=O)NC(C)=O)c(Cl)c1. The predicted octanol–water partition coefficient (Wildman–Crippen LogP) is 5.00.